The molecule has 0 unspecified atom stereocenters. The standard InChI is InChI=1S/C22H21ClN4OS/c1-14(2)24-20-10-6-7-11-26(20)21(28)19-12-17-15(3)25-27(22(17)29-19)13-16-8-4-5-9-18(16)23/h4-12,14H,13H2,1-3H3. The Morgan fingerprint density at radius 2 is 1.97 bits per heavy atom. The first-order chi connectivity index (χ1) is 13.9. The van der Waals surface area contributed by atoms with E-state index < -0.39 is 0 Å². The zero-order valence-corrected chi connectivity index (χ0v) is 18.0. The number of aryl methyl sites for hydroxylation is 1. The van der Waals surface area contributed by atoms with Crippen molar-refractivity contribution in [3.63, 3.8) is 0 Å². The fourth-order valence-electron chi connectivity index (χ4n) is 3.21. The third-order valence-electron chi connectivity index (χ3n) is 4.54. The summed E-state index contributed by atoms with van der Waals surface area (Å²) in [5, 5.41) is 6.35. The number of thiophene rings is 1. The summed E-state index contributed by atoms with van der Waals surface area (Å²) in [6.45, 7) is 6.51. The number of nitrogens with zero attached hydrogens (tertiary/aromatic N) is 4. The van der Waals surface area contributed by atoms with E-state index in [0.717, 1.165) is 21.5 Å². The lowest BCUT2D eigenvalue weighted by atomic mass is 10.2. The summed E-state index contributed by atoms with van der Waals surface area (Å²) in [6, 6.07) is 15.4. The van der Waals surface area contributed by atoms with Gasteiger partial charge >= 0.3 is 0 Å². The monoisotopic (exact) mass is 424 g/mol. The zero-order chi connectivity index (χ0) is 20.5. The molecule has 0 aliphatic carbocycles. The quantitative estimate of drug-likeness (QED) is 0.467. The second-order valence-electron chi connectivity index (χ2n) is 7.12. The number of carbonyl (C=O) groups is 1. The molecule has 4 aromatic rings. The molecule has 29 heavy (non-hydrogen) atoms. The van der Waals surface area contributed by atoms with Crippen LogP contribution in [0.3, 0.4) is 0 Å². The Morgan fingerprint density at radius 1 is 1.21 bits per heavy atom. The molecule has 5 nitrogen and oxygen atoms in total. The normalized spacial score (nSPS) is 12.2. The van der Waals surface area contributed by atoms with Crippen LogP contribution in [0.5, 0.6) is 0 Å². The van der Waals surface area contributed by atoms with E-state index in [-0.39, 0.29) is 11.9 Å². The molecular weight excluding hydrogens is 404 g/mol. The Hall–Kier alpha value is -2.70. The Bertz CT molecular complexity index is 1270. The van der Waals surface area contributed by atoms with Crippen LogP contribution in [-0.4, -0.2) is 26.3 Å². The van der Waals surface area contributed by atoms with E-state index in [9.17, 15) is 4.79 Å². The van der Waals surface area contributed by atoms with Gasteiger partial charge in [0.1, 0.15) is 10.3 Å². The summed E-state index contributed by atoms with van der Waals surface area (Å²) in [5.74, 6) is -0.0881. The lowest BCUT2D eigenvalue weighted by Gasteiger charge is -2.06. The third-order valence-corrected chi connectivity index (χ3v) is 6.05. The Kier molecular flexibility index (Phi) is 5.39. The number of pyridine rings is 1. The van der Waals surface area contributed by atoms with E-state index >= 15 is 0 Å². The first kappa shape index (κ1) is 19.6. The van der Waals surface area contributed by atoms with Gasteiger partial charge in [0.25, 0.3) is 5.91 Å². The molecule has 0 N–H and O–H groups in total. The van der Waals surface area contributed by atoms with Crippen LogP contribution < -0.4 is 5.49 Å². The molecule has 0 aliphatic rings. The highest BCUT2D eigenvalue weighted by Crippen LogP contribution is 2.30. The van der Waals surface area contributed by atoms with Gasteiger partial charge in [-0.1, -0.05) is 35.9 Å². The van der Waals surface area contributed by atoms with Gasteiger partial charge in [0, 0.05) is 22.6 Å². The van der Waals surface area contributed by atoms with Crippen molar-refractivity contribution in [2.24, 2.45) is 4.99 Å². The number of rotatable bonds is 4. The van der Waals surface area contributed by atoms with Crippen molar-refractivity contribution in [3.05, 3.63) is 81.4 Å². The minimum atomic E-state index is -0.0881. The first-order valence-electron chi connectivity index (χ1n) is 9.40. The van der Waals surface area contributed by atoms with Gasteiger partial charge in [-0.3, -0.25) is 19.0 Å². The number of benzene rings is 1. The van der Waals surface area contributed by atoms with Crippen molar-refractivity contribution in [2.45, 2.75) is 33.4 Å². The summed E-state index contributed by atoms with van der Waals surface area (Å²) in [7, 11) is 0. The van der Waals surface area contributed by atoms with Crippen LogP contribution in [0.2, 0.25) is 5.02 Å². The highest BCUT2D eigenvalue weighted by Gasteiger charge is 2.18. The summed E-state index contributed by atoms with van der Waals surface area (Å²) >= 11 is 7.77. The van der Waals surface area contributed by atoms with Gasteiger partial charge in [-0.05, 0) is 50.6 Å². The first-order valence-corrected chi connectivity index (χ1v) is 10.6. The number of halogens is 1. The molecule has 0 radical (unpaired) electrons. The fraction of sp³-hybridized carbons (Fsp3) is 0.227. The van der Waals surface area contributed by atoms with Crippen molar-refractivity contribution < 1.29 is 4.79 Å². The lowest BCUT2D eigenvalue weighted by molar-refractivity contribution is 0.0958. The highest BCUT2D eigenvalue weighted by molar-refractivity contribution is 7.20. The van der Waals surface area contributed by atoms with E-state index in [0.29, 0.717) is 21.9 Å². The van der Waals surface area contributed by atoms with Crippen molar-refractivity contribution in [3.8, 4) is 0 Å². The van der Waals surface area contributed by atoms with E-state index in [1.807, 2.05) is 74.0 Å². The van der Waals surface area contributed by atoms with Gasteiger partial charge < -0.3 is 0 Å². The average molecular weight is 425 g/mol. The molecule has 148 valence electrons. The topological polar surface area (TPSA) is 52.2 Å². The van der Waals surface area contributed by atoms with Gasteiger partial charge in [0.15, 0.2) is 0 Å². The number of hydrogen-bond acceptors (Lipinski definition) is 4. The van der Waals surface area contributed by atoms with Crippen molar-refractivity contribution in [1.29, 1.82) is 0 Å². The maximum Gasteiger partial charge on any atom is 0.273 e. The number of aromatic nitrogens is 3. The van der Waals surface area contributed by atoms with Gasteiger partial charge in [-0.2, -0.15) is 5.10 Å². The van der Waals surface area contributed by atoms with E-state index in [1.54, 1.807) is 10.8 Å². The molecule has 1 aromatic carbocycles. The van der Waals surface area contributed by atoms with Crippen molar-refractivity contribution in [2.75, 3.05) is 0 Å². The predicted octanol–water partition coefficient (Wildman–Crippen LogP) is 4.91. The number of hydrogen-bond donors (Lipinski definition) is 0. The summed E-state index contributed by atoms with van der Waals surface area (Å²) in [6.07, 6.45) is 1.76. The zero-order valence-electron chi connectivity index (χ0n) is 16.5. The van der Waals surface area contributed by atoms with Crippen LogP contribution in [0.1, 0.15) is 34.8 Å². The SMILES string of the molecule is Cc1nn(Cc2ccccc2Cl)c2sc(C(=O)n3ccccc3=NC(C)C)cc12. The minimum absolute atomic E-state index is 0.0881. The molecule has 0 saturated carbocycles. The summed E-state index contributed by atoms with van der Waals surface area (Å²) < 4.78 is 3.52. The van der Waals surface area contributed by atoms with Crippen LogP contribution in [-0.2, 0) is 6.54 Å². The predicted molar refractivity (Wildman–Crippen MR) is 118 cm³/mol. The molecule has 0 saturated heterocycles. The van der Waals surface area contributed by atoms with Crippen LogP contribution in [0.15, 0.2) is 59.7 Å². The molecule has 4 rings (SSSR count). The van der Waals surface area contributed by atoms with Gasteiger partial charge in [-0.15, -0.1) is 11.3 Å². The maximum atomic E-state index is 13.2. The smallest absolute Gasteiger partial charge is 0.267 e. The van der Waals surface area contributed by atoms with Crippen LogP contribution in [0, 0.1) is 6.92 Å². The number of carbonyl (C=O) groups excluding carboxylic acids is 1. The lowest BCUT2D eigenvalue weighted by Crippen LogP contribution is -2.27. The van der Waals surface area contributed by atoms with Crippen LogP contribution in [0.4, 0.5) is 0 Å². The molecule has 3 aromatic heterocycles. The average Bonchev–Trinajstić information content (AvgIpc) is 3.24. The minimum Gasteiger partial charge on any atom is -0.267 e. The second-order valence-corrected chi connectivity index (χ2v) is 8.56. The molecule has 0 bridgehead atoms. The second kappa shape index (κ2) is 7.97. The Morgan fingerprint density at radius 3 is 2.72 bits per heavy atom. The van der Waals surface area contributed by atoms with Gasteiger partial charge in [0.2, 0.25) is 0 Å². The maximum absolute atomic E-state index is 13.2. The molecule has 0 atom stereocenters. The molecular formula is C22H21ClN4OS. The molecule has 7 heteroatoms. The Balaban J connectivity index is 1.76. The molecule has 0 aliphatic heterocycles. The fourth-order valence-corrected chi connectivity index (χ4v) is 4.50. The molecule has 3 heterocycles. The number of fused-ring (bicyclic) bond motifs is 1. The van der Waals surface area contributed by atoms with Crippen molar-refractivity contribution in [1.82, 2.24) is 14.3 Å². The van der Waals surface area contributed by atoms with Crippen LogP contribution in [0.25, 0.3) is 10.2 Å². The third kappa shape index (κ3) is 3.91. The van der Waals surface area contributed by atoms with Crippen molar-refractivity contribution >= 4 is 39.1 Å². The van der Waals surface area contributed by atoms with E-state index in [1.165, 1.54) is 11.3 Å². The molecule has 0 fully saturated rings. The van der Waals surface area contributed by atoms with Gasteiger partial charge in [-0.25, -0.2) is 0 Å². The molecule has 0 amide bonds. The molecule has 0 spiro atoms. The largest absolute Gasteiger partial charge is 0.273 e. The summed E-state index contributed by atoms with van der Waals surface area (Å²) in [4.78, 5) is 19.4. The van der Waals surface area contributed by atoms with Gasteiger partial charge in [0.05, 0.1) is 17.1 Å². The van der Waals surface area contributed by atoms with E-state index in [4.69, 9.17) is 11.6 Å². The Labute approximate surface area is 177 Å². The highest BCUT2D eigenvalue weighted by atomic mass is 35.5. The van der Waals surface area contributed by atoms with E-state index in [2.05, 4.69) is 10.1 Å². The van der Waals surface area contributed by atoms with Crippen LogP contribution >= 0.6 is 22.9 Å². The summed E-state index contributed by atoms with van der Waals surface area (Å²) in [5.41, 5.74) is 2.54.